The molecule has 0 fully saturated rings. The molecular weight excluding hydrogens is 272 g/mol. The Labute approximate surface area is 130 Å². The van der Waals surface area contributed by atoms with Crippen molar-refractivity contribution in [1.82, 2.24) is 9.55 Å². The number of halogens is 1. The molecule has 20 heavy (non-hydrogen) atoms. The maximum absolute atomic E-state index is 9.96. The number of imidazole rings is 1. The molecule has 0 spiro atoms. The van der Waals surface area contributed by atoms with E-state index in [1.807, 2.05) is 17.8 Å². The highest BCUT2D eigenvalue weighted by molar-refractivity contribution is 5.85. The number of unbranched alkanes of at least 4 members (excludes halogenated alkanes) is 7. The van der Waals surface area contributed by atoms with E-state index in [4.69, 9.17) is 0 Å². The lowest BCUT2D eigenvalue weighted by Crippen LogP contribution is -2.13. The van der Waals surface area contributed by atoms with Crippen LogP contribution in [0.2, 0.25) is 0 Å². The smallest absolute Gasteiger partial charge is 0.110 e. The normalized spacial score (nSPS) is 12.2. The monoisotopic (exact) mass is 302 g/mol. The van der Waals surface area contributed by atoms with Gasteiger partial charge in [0, 0.05) is 25.9 Å². The van der Waals surface area contributed by atoms with Crippen LogP contribution in [0.25, 0.3) is 0 Å². The zero-order chi connectivity index (χ0) is 13.9. The Morgan fingerprint density at radius 1 is 1.10 bits per heavy atom. The summed E-state index contributed by atoms with van der Waals surface area (Å²) in [6.07, 6.45) is 15.6. The summed E-state index contributed by atoms with van der Waals surface area (Å²) in [4.78, 5) is 4.24. The van der Waals surface area contributed by atoms with Crippen LogP contribution in [-0.4, -0.2) is 20.8 Å². The van der Waals surface area contributed by atoms with Gasteiger partial charge in [0.2, 0.25) is 0 Å². The predicted octanol–water partition coefficient (Wildman–Crippen LogP) is 4.28. The summed E-state index contributed by atoms with van der Waals surface area (Å²) >= 11 is 0. The molecule has 0 aliphatic carbocycles. The predicted molar refractivity (Wildman–Crippen MR) is 87.4 cm³/mol. The van der Waals surface area contributed by atoms with Crippen molar-refractivity contribution in [2.24, 2.45) is 7.05 Å². The molecule has 1 atom stereocenters. The Morgan fingerprint density at radius 2 is 1.70 bits per heavy atom. The number of hydrogen-bond acceptors (Lipinski definition) is 2. The summed E-state index contributed by atoms with van der Waals surface area (Å²) in [5.74, 6) is 0.979. The van der Waals surface area contributed by atoms with Gasteiger partial charge in [0.25, 0.3) is 0 Å². The maximum Gasteiger partial charge on any atom is 0.110 e. The van der Waals surface area contributed by atoms with Gasteiger partial charge in [0.15, 0.2) is 0 Å². The fraction of sp³-hybridized carbons (Fsp3) is 0.812. The molecule has 1 heterocycles. The van der Waals surface area contributed by atoms with Gasteiger partial charge in [-0.2, -0.15) is 0 Å². The number of aromatic nitrogens is 2. The number of aliphatic hydroxyl groups excluding tert-OH is 1. The number of aliphatic hydroxyl groups is 1. The van der Waals surface area contributed by atoms with E-state index >= 15 is 0 Å². The topological polar surface area (TPSA) is 38.1 Å². The molecule has 0 saturated heterocycles. The minimum Gasteiger partial charge on any atom is -0.393 e. The minimum absolute atomic E-state index is 0. The highest BCUT2D eigenvalue weighted by Gasteiger charge is 2.08. The van der Waals surface area contributed by atoms with Crippen molar-refractivity contribution in [2.45, 2.75) is 77.2 Å². The largest absolute Gasteiger partial charge is 0.393 e. The third-order valence-electron chi connectivity index (χ3n) is 3.73. The Bertz CT molecular complexity index is 328. The summed E-state index contributed by atoms with van der Waals surface area (Å²) in [7, 11) is 1.98. The van der Waals surface area contributed by atoms with E-state index in [0.717, 1.165) is 18.7 Å². The fourth-order valence-electron chi connectivity index (χ4n) is 2.42. The molecule has 4 heteroatoms. The third kappa shape index (κ3) is 8.60. The van der Waals surface area contributed by atoms with Gasteiger partial charge in [-0.3, -0.25) is 0 Å². The lowest BCUT2D eigenvalue weighted by molar-refractivity contribution is 0.157. The van der Waals surface area contributed by atoms with Crippen LogP contribution in [0.4, 0.5) is 0 Å². The fourth-order valence-corrected chi connectivity index (χ4v) is 2.42. The van der Waals surface area contributed by atoms with E-state index in [1.165, 1.54) is 44.9 Å². The van der Waals surface area contributed by atoms with Crippen LogP contribution in [0, 0.1) is 0 Å². The maximum atomic E-state index is 9.96. The number of nitrogens with zero attached hydrogens (tertiary/aromatic N) is 2. The Kier molecular flexibility index (Phi) is 11.9. The van der Waals surface area contributed by atoms with Gasteiger partial charge >= 0.3 is 0 Å². The Balaban J connectivity index is 0.00000361. The van der Waals surface area contributed by atoms with E-state index in [2.05, 4.69) is 11.9 Å². The number of hydrogen-bond donors (Lipinski definition) is 1. The first kappa shape index (κ1) is 19.5. The second-order valence-electron chi connectivity index (χ2n) is 5.58. The molecule has 1 aromatic heterocycles. The zero-order valence-corrected chi connectivity index (χ0v) is 13.9. The third-order valence-corrected chi connectivity index (χ3v) is 3.73. The summed E-state index contributed by atoms with van der Waals surface area (Å²) in [5, 5.41) is 9.96. The summed E-state index contributed by atoms with van der Waals surface area (Å²) in [6.45, 7) is 2.25. The first-order valence-corrected chi connectivity index (χ1v) is 7.88. The van der Waals surface area contributed by atoms with Gasteiger partial charge in [0.1, 0.15) is 5.82 Å². The van der Waals surface area contributed by atoms with Gasteiger partial charge < -0.3 is 9.67 Å². The molecule has 1 rings (SSSR count). The lowest BCUT2D eigenvalue weighted by Gasteiger charge is -2.10. The second kappa shape index (κ2) is 12.2. The standard InChI is InChI=1S/C16H30N2O.ClH/c1-3-4-5-6-7-8-9-10-11-15(19)14-16-17-12-13-18(16)2;/h12-13,15,19H,3-11,14H2,1-2H3;1H. The van der Waals surface area contributed by atoms with E-state index < -0.39 is 0 Å². The van der Waals surface area contributed by atoms with E-state index in [9.17, 15) is 5.11 Å². The molecule has 0 aliphatic heterocycles. The minimum atomic E-state index is -0.235. The van der Waals surface area contributed by atoms with Crippen LogP contribution in [0.5, 0.6) is 0 Å². The average molecular weight is 303 g/mol. The highest BCUT2D eigenvalue weighted by Crippen LogP contribution is 2.12. The van der Waals surface area contributed by atoms with Crippen LogP contribution >= 0.6 is 12.4 Å². The van der Waals surface area contributed by atoms with E-state index in [1.54, 1.807) is 6.20 Å². The molecule has 0 saturated carbocycles. The van der Waals surface area contributed by atoms with Gasteiger partial charge in [-0.05, 0) is 6.42 Å². The van der Waals surface area contributed by atoms with E-state index in [0.29, 0.717) is 6.42 Å². The quantitative estimate of drug-likeness (QED) is 0.620. The van der Waals surface area contributed by atoms with Crippen LogP contribution in [-0.2, 0) is 13.5 Å². The van der Waals surface area contributed by atoms with Crippen LogP contribution in [0.15, 0.2) is 12.4 Å². The van der Waals surface area contributed by atoms with Crippen molar-refractivity contribution >= 4 is 12.4 Å². The summed E-state index contributed by atoms with van der Waals surface area (Å²) in [5.41, 5.74) is 0. The number of aryl methyl sites for hydroxylation is 1. The molecular formula is C16H31ClN2O. The second-order valence-corrected chi connectivity index (χ2v) is 5.58. The van der Waals surface area contributed by atoms with Crippen molar-refractivity contribution < 1.29 is 5.11 Å². The Hall–Kier alpha value is -0.540. The molecule has 3 nitrogen and oxygen atoms in total. The van der Waals surface area contributed by atoms with Crippen molar-refractivity contribution in [3.63, 3.8) is 0 Å². The SMILES string of the molecule is CCCCCCCCCCC(O)Cc1nccn1C.Cl. The van der Waals surface area contributed by atoms with Crippen LogP contribution in [0.1, 0.15) is 70.5 Å². The van der Waals surface area contributed by atoms with Gasteiger partial charge in [-0.25, -0.2) is 4.98 Å². The highest BCUT2D eigenvalue weighted by atomic mass is 35.5. The molecule has 0 aliphatic rings. The van der Waals surface area contributed by atoms with E-state index in [-0.39, 0.29) is 18.5 Å². The van der Waals surface area contributed by atoms with Gasteiger partial charge in [-0.1, -0.05) is 58.3 Å². The first-order valence-electron chi connectivity index (χ1n) is 7.88. The van der Waals surface area contributed by atoms with Gasteiger partial charge in [0.05, 0.1) is 6.10 Å². The molecule has 0 bridgehead atoms. The molecule has 1 unspecified atom stereocenters. The van der Waals surface area contributed by atoms with Crippen LogP contribution < -0.4 is 0 Å². The first-order chi connectivity index (χ1) is 9.24. The van der Waals surface area contributed by atoms with Crippen molar-refractivity contribution in [3.05, 3.63) is 18.2 Å². The Morgan fingerprint density at radius 3 is 2.25 bits per heavy atom. The average Bonchev–Trinajstić information content (AvgIpc) is 2.78. The van der Waals surface area contributed by atoms with Gasteiger partial charge in [-0.15, -0.1) is 12.4 Å². The summed E-state index contributed by atoms with van der Waals surface area (Å²) in [6, 6.07) is 0. The summed E-state index contributed by atoms with van der Waals surface area (Å²) < 4.78 is 1.98. The lowest BCUT2D eigenvalue weighted by atomic mass is 10.0. The molecule has 0 aromatic carbocycles. The molecule has 1 N–H and O–H groups in total. The molecule has 1 aromatic rings. The zero-order valence-electron chi connectivity index (χ0n) is 13.1. The van der Waals surface area contributed by atoms with Crippen molar-refractivity contribution in [3.8, 4) is 0 Å². The molecule has 0 radical (unpaired) electrons. The van der Waals surface area contributed by atoms with Crippen molar-refractivity contribution in [1.29, 1.82) is 0 Å². The van der Waals surface area contributed by atoms with Crippen molar-refractivity contribution in [2.75, 3.05) is 0 Å². The molecule has 0 amide bonds. The number of rotatable bonds is 11. The van der Waals surface area contributed by atoms with Crippen LogP contribution in [0.3, 0.4) is 0 Å². The molecule has 118 valence electrons.